The molecule has 92 valence electrons. The summed E-state index contributed by atoms with van der Waals surface area (Å²) < 4.78 is 0. The van der Waals surface area contributed by atoms with Crippen LogP contribution in [0.15, 0.2) is 9.59 Å². The number of carboxylic acid groups (broad SMARTS) is 1. The van der Waals surface area contributed by atoms with Crippen LogP contribution in [0.2, 0.25) is 0 Å². The van der Waals surface area contributed by atoms with Gasteiger partial charge in [0.25, 0.3) is 5.56 Å². The molecule has 0 unspecified atom stereocenters. The minimum absolute atomic E-state index is 0.111. The Morgan fingerprint density at radius 2 is 1.88 bits per heavy atom. The highest BCUT2D eigenvalue weighted by Crippen LogP contribution is 2.33. The van der Waals surface area contributed by atoms with Gasteiger partial charge in [-0.1, -0.05) is 12.8 Å². The van der Waals surface area contributed by atoms with Crippen LogP contribution in [-0.2, 0) is 11.2 Å². The zero-order valence-electron chi connectivity index (χ0n) is 9.28. The summed E-state index contributed by atoms with van der Waals surface area (Å²) >= 11 is 0. The molecule has 0 saturated heterocycles. The molecule has 1 aromatic rings. The Hall–Kier alpha value is -1.85. The van der Waals surface area contributed by atoms with E-state index < -0.39 is 17.2 Å². The Kier molecular flexibility index (Phi) is 3.12. The molecule has 1 fully saturated rings. The average molecular weight is 238 g/mol. The molecule has 0 bridgehead atoms. The van der Waals surface area contributed by atoms with E-state index in [9.17, 15) is 14.4 Å². The maximum Gasteiger partial charge on any atom is 0.325 e. The van der Waals surface area contributed by atoms with Gasteiger partial charge in [-0.05, 0) is 18.8 Å². The van der Waals surface area contributed by atoms with Crippen molar-refractivity contribution >= 4 is 5.97 Å². The maximum atomic E-state index is 11.6. The normalized spacial score (nSPS) is 16.2. The third kappa shape index (κ3) is 2.46. The molecule has 0 radical (unpaired) electrons. The number of rotatable bonds is 3. The van der Waals surface area contributed by atoms with Gasteiger partial charge in [-0.3, -0.25) is 14.6 Å². The van der Waals surface area contributed by atoms with E-state index in [4.69, 9.17) is 5.11 Å². The monoisotopic (exact) mass is 238 g/mol. The van der Waals surface area contributed by atoms with Crippen molar-refractivity contribution in [2.45, 2.75) is 38.0 Å². The molecule has 1 heterocycles. The second kappa shape index (κ2) is 4.57. The second-order valence-corrected chi connectivity index (χ2v) is 4.35. The van der Waals surface area contributed by atoms with Crippen molar-refractivity contribution in [3.8, 4) is 0 Å². The molecule has 0 spiro atoms. The van der Waals surface area contributed by atoms with E-state index in [1.165, 1.54) is 0 Å². The molecule has 6 heteroatoms. The van der Waals surface area contributed by atoms with Crippen LogP contribution in [0.5, 0.6) is 0 Å². The zero-order valence-corrected chi connectivity index (χ0v) is 9.28. The van der Waals surface area contributed by atoms with Gasteiger partial charge in [0.15, 0.2) is 0 Å². The van der Waals surface area contributed by atoms with Crippen molar-refractivity contribution in [2.24, 2.45) is 0 Å². The first-order valence-corrected chi connectivity index (χ1v) is 5.65. The van der Waals surface area contributed by atoms with E-state index in [-0.39, 0.29) is 17.9 Å². The van der Waals surface area contributed by atoms with Crippen molar-refractivity contribution in [1.29, 1.82) is 0 Å². The number of aromatic nitrogens is 2. The fraction of sp³-hybridized carbons (Fsp3) is 0.545. The Balaban J connectivity index is 2.50. The number of aromatic amines is 2. The number of carbonyl (C=O) groups is 1. The SMILES string of the molecule is O=C(O)Cc1c(C2CCCC2)[nH]c(=O)[nH]c1=O. The lowest BCUT2D eigenvalue weighted by atomic mass is 9.98. The van der Waals surface area contributed by atoms with E-state index >= 15 is 0 Å². The fourth-order valence-electron chi connectivity index (χ4n) is 2.42. The van der Waals surface area contributed by atoms with Gasteiger partial charge in [-0.2, -0.15) is 0 Å². The van der Waals surface area contributed by atoms with Crippen molar-refractivity contribution in [2.75, 3.05) is 0 Å². The molecule has 1 aliphatic rings. The third-order valence-electron chi connectivity index (χ3n) is 3.17. The minimum Gasteiger partial charge on any atom is -0.481 e. The molecule has 3 N–H and O–H groups in total. The summed E-state index contributed by atoms with van der Waals surface area (Å²) in [6, 6.07) is 0. The Morgan fingerprint density at radius 3 is 2.47 bits per heavy atom. The molecule has 0 atom stereocenters. The quantitative estimate of drug-likeness (QED) is 0.706. The van der Waals surface area contributed by atoms with Gasteiger partial charge < -0.3 is 10.1 Å². The Morgan fingerprint density at radius 1 is 1.24 bits per heavy atom. The number of carboxylic acids is 1. The highest BCUT2D eigenvalue weighted by molar-refractivity contribution is 5.70. The standard InChI is InChI=1S/C11H14N2O4/c14-8(15)5-7-9(6-3-1-2-4-6)12-11(17)13-10(7)16/h6H,1-5H2,(H,14,15)(H2,12,13,16,17). The summed E-state index contributed by atoms with van der Waals surface area (Å²) in [7, 11) is 0. The molecule has 0 amide bonds. The van der Waals surface area contributed by atoms with Gasteiger partial charge in [0.2, 0.25) is 0 Å². The van der Waals surface area contributed by atoms with Gasteiger partial charge in [0, 0.05) is 11.3 Å². The van der Waals surface area contributed by atoms with E-state index in [1.807, 2.05) is 0 Å². The average Bonchev–Trinajstić information content (AvgIpc) is 2.74. The fourth-order valence-corrected chi connectivity index (χ4v) is 2.42. The molecule has 2 rings (SSSR count). The van der Waals surface area contributed by atoms with Crippen LogP contribution >= 0.6 is 0 Å². The Labute approximate surface area is 96.7 Å². The van der Waals surface area contributed by atoms with Crippen LogP contribution in [-0.4, -0.2) is 21.0 Å². The summed E-state index contributed by atoms with van der Waals surface area (Å²) in [6.45, 7) is 0. The van der Waals surface area contributed by atoms with Crippen LogP contribution in [0.3, 0.4) is 0 Å². The van der Waals surface area contributed by atoms with Crippen molar-refractivity contribution < 1.29 is 9.90 Å². The summed E-state index contributed by atoms with van der Waals surface area (Å²) in [5.41, 5.74) is -0.452. The van der Waals surface area contributed by atoms with Gasteiger partial charge >= 0.3 is 11.7 Å². The predicted octanol–water partition coefficient (Wildman–Crippen LogP) is 0.348. The van der Waals surface area contributed by atoms with Gasteiger partial charge in [-0.25, -0.2) is 4.79 Å². The molecule has 1 aliphatic carbocycles. The first kappa shape index (κ1) is 11.6. The van der Waals surface area contributed by atoms with Crippen LogP contribution in [0.4, 0.5) is 0 Å². The number of H-pyrrole nitrogens is 2. The third-order valence-corrected chi connectivity index (χ3v) is 3.17. The summed E-state index contributed by atoms with van der Waals surface area (Å²) in [5.74, 6) is -0.957. The molecule has 0 aliphatic heterocycles. The van der Waals surface area contributed by atoms with E-state index in [1.54, 1.807) is 0 Å². The summed E-state index contributed by atoms with van der Waals surface area (Å²) in [5, 5.41) is 8.78. The van der Waals surface area contributed by atoms with E-state index in [2.05, 4.69) is 9.97 Å². The molecular formula is C11H14N2O4. The molecule has 6 nitrogen and oxygen atoms in total. The number of aliphatic carboxylic acids is 1. The van der Waals surface area contributed by atoms with Crippen LogP contribution < -0.4 is 11.2 Å². The molecular weight excluding hydrogens is 224 g/mol. The first-order chi connectivity index (χ1) is 8.08. The van der Waals surface area contributed by atoms with Crippen molar-refractivity contribution in [3.05, 3.63) is 32.1 Å². The van der Waals surface area contributed by atoms with E-state index in [0.29, 0.717) is 5.69 Å². The van der Waals surface area contributed by atoms with Gasteiger partial charge in [-0.15, -0.1) is 0 Å². The summed E-state index contributed by atoms with van der Waals surface area (Å²) in [6.07, 6.45) is 3.54. The highest BCUT2D eigenvalue weighted by atomic mass is 16.4. The van der Waals surface area contributed by atoms with Crippen molar-refractivity contribution in [1.82, 2.24) is 9.97 Å². The van der Waals surface area contributed by atoms with Gasteiger partial charge in [0.1, 0.15) is 0 Å². The lowest BCUT2D eigenvalue weighted by Gasteiger charge is -2.12. The predicted molar refractivity (Wildman–Crippen MR) is 60.2 cm³/mol. The first-order valence-electron chi connectivity index (χ1n) is 5.65. The Bertz CT molecular complexity index is 537. The zero-order chi connectivity index (χ0) is 12.4. The topological polar surface area (TPSA) is 103 Å². The minimum atomic E-state index is -1.07. The largest absolute Gasteiger partial charge is 0.481 e. The van der Waals surface area contributed by atoms with Gasteiger partial charge in [0.05, 0.1) is 6.42 Å². The van der Waals surface area contributed by atoms with Crippen molar-refractivity contribution in [3.63, 3.8) is 0 Å². The van der Waals surface area contributed by atoms with E-state index in [0.717, 1.165) is 25.7 Å². The highest BCUT2D eigenvalue weighted by Gasteiger charge is 2.23. The number of hydrogen-bond acceptors (Lipinski definition) is 3. The maximum absolute atomic E-state index is 11.6. The number of hydrogen-bond donors (Lipinski definition) is 3. The number of nitrogens with one attached hydrogen (secondary N) is 2. The smallest absolute Gasteiger partial charge is 0.325 e. The molecule has 1 aromatic heterocycles. The lowest BCUT2D eigenvalue weighted by Crippen LogP contribution is -2.30. The molecule has 0 aromatic carbocycles. The van der Waals surface area contributed by atoms with Crippen LogP contribution in [0.25, 0.3) is 0 Å². The molecule has 17 heavy (non-hydrogen) atoms. The second-order valence-electron chi connectivity index (χ2n) is 4.35. The molecule has 1 saturated carbocycles. The summed E-state index contributed by atoms with van der Waals surface area (Å²) in [4.78, 5) is 38.3. The van der Waals surface area contributed by atoms with Crippen LogP contribution in [0, 0.1) is 0 Å². The lowest BCUT2D eigenvalue weighted by molar-refractivity contribution is -0.136. The van der Waals surface area contributed by atoms with Crippen LogP contribution in [0.1, 0.15) is 42.9 Å².